The van der Waals surface area contributed by atoms with Gasteiger partial charge in [-0.2, -0.15) is 0 Å². The molecule has 1 amide bonds. The summed E-state index contributed by atoms with van der Waals surface area (Å²) < 4.78 is 19.4. The van der Waals surface area contributed by atoms with Crippen LogP contribution in [-0.2, 0) is 0 Å². The number of rotatable bonds is 4. The normalized spacial score (nSPS) is 17.9. The van der Waals surface area contributed by atoms with E-state index in [2.05, 4.69) is 9.27 Å². The molecule has 1 aliphatic carbocycles. The zero-order valence-corrected chi connectivity index (χ0v) is 17.5. The first-order valence-electron chi connectivity index (χ1n) is 10.2. The monoisotopic (exact) mass is 444 g/mol. The molecule has 0 spiro atoms. The molecule has 162 valence electrons. The van der Waals surface area contributed by atoms with Crippen molar-refractivity contribution < 1.29 is 14.3 Å². The number of nitrogens with one attached hydrogen (secondary N) is 1. The van der Waals surface area contributed by atoms with E-state index in [9.17, 15) is 18.8 Å². The van der Waals surface area contributed by atoms with E-state index in [-0.39, 0.29) is 16.8 Å². The van der Waals surface area contributed by atoms with Gasteiger partial charge in [-0.15, -0.1) is 0 Å². The predicted molar refractivity (Wildman–Crippen MR) is 118 cm³/mol. The maximum atomic E-state index is 14.8. The van der Waals surface area contributed by atoms with E-state index in [0.717, 1.165) is 24.4 Å². The van der Waals surface area contributed by atoms with Crippen molar-refractivity contribution in [2.75, 3.05) is 32.7 Å². The lowest BCUT2D eigenvalue weighted by molar-refractivity contribution is 0.110. The average Bonchev–Trinajstić information content (AvgIpc) is 3.51. The molecule has 1 aliphatic heterocycles. The van der Waals surface area contributed by atoms with Gasteiger partial charge in [0.05, 0.1) is 5.52 Å². The molecule has 1 saturated heterocycles. The summed E-state index contributed by atoms with van der Waals surface area (Å²) in [7, 11) is 0. The molecule has 31 heavy (non-hydrogen) atoms. The molecule has 2 N–H and O–H groups in total. The van der Waals surface area contributed by atoms with Crippen molar-refractivity contribution in [3.05, 3.63) is 50.2 Å². The maximum absolute atomic E-state index is 14.8. The fourth-order valence-electron chi connectivity index (χ4n) is 4.14. The second-order valence-corrected chi connectivity index (χ2v) is 8.80. The van der Waals surface area contributed by atoms with Crippen LogP contribution in [-0.4, -0.2) is 62.7 Å². The van der Waals surface area contributed by atoms with Gasteiger partial charge in [-0.1, -0.05) is 12.2 Å². The molecule has 0 atom stereocenters. The van der Waals surface area contributed by atoms with Gasteiger partial charge in [0.25, 0.3) is 5.56 Å². The smallest absolute Gasteiger partial charge is 0.407 e. The lowest BCUT2D eigenvalue weighted by Gasteiger charge is -2.32. The Balaban J connectivity index is 1.47. The van der Waals surface area contributed by atoms with Gasteiger partial charge in [-0.05, 0) is 36.5 Å². The van der Waals surface area contributed by atoms with Crippen molar-refractivity contribution in [1.29, 1.82) is 0 Å². The molecule has 2 fully saturated rings. The fraction of sp³-hybridized carbons (Fsp3) is 0.381. The number of pyridine rings is 1. The van der Waals surface area contributed by atoms with Crippen LogP contribution in [0.15, 0.2) is 27.8 Å². The number of nitrogens with zero attached hydrogens (tertiary/aromatic N) is 3. The van der Waals surface area contributed by atoms with E-state index in [1.807, 2.05) is 10.6 Å². The number of halogens is 1. The fourth-order valence-corrected chi connectivity index (χ4v) is 5.07. The molecular weight excluding hydrogens is 423 g/mol. The van der Waals surface area contributed by atoms with Crippen LogP contribution < -0.4 is 11.0 Å². The number of amides is 1. The summed E-state index contributed by atoms with van der Waals surface area (Å²) in [4.78, 5) is 40.1. The summed E-state index contributed by atoms with van der Waals surface area (Å²) in [6, 6.07) is 3.13. The summed E-state index contributed by atoms with van der Waals surface area (Å²) in [5.74, 6) is -0.509. The third-order valence-electron chi connectivity index (χ3n) is 5.96. The van der Waals surface area contributed by atoms with Crippen molar-refractivity contribution in [2.24, 2.45) is 0 Å². The van der Waals surface area contributed by atoms with Crippen LogP contribution in [0.3, 0.4) is 0 Å². The molecule has 5 rings (SSSR count). The molecule has 0 unspecified atom stereocenters. The summed E-state index contributed by atoms with van der Waals surface area (Å²) in [5, 5.41) is 9.36. The Kier molecular flexibility index (Phi) is 4.90. The van der Waals surface area contributed by atoms with Crippen LogP contribution in [0.4, 0.5) is 9.18 Å². The number of carbonyl (C=O) groups is 1. The molecule has 3 aromatic rings. The summed E-state index contributed by atoms with van der Waals surface area (Å²) in [6.45, 7) is 2.75. The Morgan fingerprint density at radius 1 is 1.23 bits per heavy atom. The second kappa shape index (κ2) is 7.61. The third-order valence-corrected chi connectivity index (χ3v) is 6.84. The van der Waals surface area contributed by atoms with Crippen LogP contribution in [0, 0.1) is 5.82 Å². The Hall–Kier alpha value is -2.98. The first kappa shape index (κ1) is 20.0. The van der Waals surface area contributed by atoms with Gasteiger partial charge in [0.15, 0.2) is 0 Å². The number of hydrogen-bond acceptors (Lipinski definition) is 5. The van der Waals surface area contributed by atoms with Crippen molar-refractivity contribution in [3.63, 3.8) is 0 Å². The molecule has 0 bridgehead atoms. The maximum Gasteiger partial charge on any atom is 0.407 e. The van der Waals surface area contributed by atoms with Gasteiger partial charge in [0.2, 0.25) is 5.43 Å². The largest absolute Gasteiger partial charge is 0.465 e. The highest BCUT2D eigenvalue weighted by atomic mass is 32.1. The average molecular weight is 444 g/mol. The van der Waals surface area contributed by atoms with Crippen molar-refractivity contribution in [2.45, 2.75) is 18.9 Å². The van der Waals surface area contributed by atoms with Crippen LogP contribution >= 0.6 is 11.5 Å². The standard InChI is InChI=1S/C21H21FN4O4S/c22-15-11-14-16(26(13-3-4-13)20-17(18(14)27)19(28)23-31-20)10-12(15)2-1-5-24-6-8-25(9-7-24)21(29)30/h1-2,10-11,13H,3-9H2,(H,23,28)(H,29,30). The SMILES string of the molecule is O=C(O)N1CCN(CC=Cc2cc3c(cc2F)c(=O)c2c(=O)[nH]sc2n3C2CC2)CC1. The molecule has 2 aliphatic rings. The van der Waals surface area contributed by atoms with Gasteiger partial charge in [0, 0.05) is 49.7 Å². The Morgan fingerprint density at radius 2 is 1.97 bits per heavy atom. The summed E-state index contributed by atoms with van der Waals surface area (Å²) in [5.41, 5.74) is 0.169. The van der Waals surface area contributed by atoms with Crippen LogP contribution in [0.1, 0.15) is 24.4 Å². The number of H-pyrrole nitrogens is 1. The third kappa shape index (κ3) is 3.55. The van der Waals surface area contributed by atoms with E-state index in [1.165, 1.54) is 11.0 Å². The number of fused-ring (bicyclic) bond motifs is 2. The quantitative estimate of drug-likeness (QED) is 0.645. The highest BCUT2D eigenvalue weighted by Gasteiger charge is 2.29. The molecule has 8 nitrogen and oxygen atoms in total. The number of aromatic nitrogens is 2. The molecule has 3 heterocycles. The molecule has 1 aromatic carbocycles. The van der Waals surface area contributed by atoms with Gasteiger partial charge >= 0.3 is 6.09 Å². The van der Waals surface area contributed by atoms with Gasteiger partial charge in [0.1, 0.15) is 16.0 Å². The molecule has 0 radical (unpaired) electrons. The number of carboxylic acid groups (broad SMARTS) is 1. The number of benzene rings is 1. The Morgan fingerprint density at radius 3 is 2.65 bits per heavy atom. The highest BCUT2D eigenvalue weighted by molar-refractivity contribution is 7.12. The molecular formula is C21H21FN4O4S. The minimum absolute atomic E-state index is 0.104. The van der Waals surface area contributed by atoms with E-state index < -0.39 is 22.9 Å². The van der Waals surface area contributed by atoms with Crippen molar-refractivity contribution >= 4 is 44.8 Å². The lowest BCUT2D eigenvalue weighted by Crippen LogP contribution is -2.48. The van der Waals surface area contributed by atoms with Gasteiger partial charge < -0.3 is 14.6 Å². The highest BCUT2D eigenvalue weighted by Crippen LogP contribution is 2.40. The minimum atomic E-state index is -0.906. The summed E-state index contributed by atoms with van der Waals surface area (Å²) >= 11 is 1.15. The zero-order chi connectivity index (χ0) is 21.7. The molecule has 1 saturated carbocycles. The van der Waals surface area contributed by atoms with E-state index in [0.29, 0.717) is 48.6 Å². The van der Waals surface area contributed by atoms with Crippen molar-refractivity contribution in [3.8, 4) is 0 Å². The van der Waals surface area contributed by atoms with Crippen LogP contribution in [0.25, 0.3) is 27.2 Å². The Labute approximate surface area is 180 Å². The lowest BCUT2D eigenvalue weighted by atomic mass is 10.1. The zero-order valence-electron chi connectivity index (χ0n) is 16.6. The Bertz CT molecular complexity index is 1330. The first-order valence-corrected chi connectivity index (χ1v) is 11.0. The number of piperazine rings is 1. The number of aromatic amines is 1. The molecule has 10 heteroatoms. The number of hydrogen-bond donors (Lipinski definition) is 2. The first-order chi connectivity index (χ1) is 14.9. The van der Waals surface area contributed by atoms with Gasteiger partial charge in [-0.3, -0.25) is 18.9 Å². The predicted octanol–water partition coefficient (Wildman–Crippen LogP) is 2.69. The van der Waals surface area contributed by atoms with Gasteiger partial charge in [-0.25, -0.2) is 9.18 Å². The van der Waals surface area contributed by atoms with E-state index >= 15 is 0 Å². The van der Waals surface area contributed by atoms with E-state index in [1.54, 1.807) is 12.1 Å². The van der Waals surface area contributed by atoms with Crippen molar-refractivity contribution in [1.82, 2.24) is 18.7 Å². The van der Waals surface area contributed by atoms with Crippen LogP contribution in [0.5, 0.6) is 0 Å². The summed E-state index contributed by atoms with van der Waals surface area (Å²) in [6.07, 6.45) is 4.57. The second-order valence-electron chi connectivity index (χ2n) is 8.01. The van der Waals surface area contributed by atoms with Crippen LogP contribution in [0.2, 0.25) is 0 Å². The topological polar surface area (TPSA) is 98.6 Å². The minimum Gasteiger partial charge on any atom is -0.465 e. The van der Waals surface area contributed by atoms with E-state index in [4.69, 9.17) is 5.11 Å². The molecule has 2 aromatic heterocycles.